The zero-order valence-corrected chi connectivity index (χ0v) is 12.2. The predicted octanol–water partition coefficient (Wildman–Crippen LogP) is 1.64. The molecule has 20 heavy (non-hydrogen) atoms. The number of carbonyl (C=O) groups excluding carboxylic acids is 1. The van der Waals surface area contributed by atoms with E-state index in [-0.39, 0.29) is 16.8 Å². The second kappa shape index (κ2) is 7.02. The van der Waals surface area contributed by atoms with Crippen molar-refractivity contribution in [3.63, 3.8) is 0 Å². The maximum atomic E-state index is 11.6. The summed E-state index contributed by atoms with van der Waals surface area (Å²) in [5, 5.41) is 7.81. The van der Waals surface area contributed by atoms with Gasteiger partial charge in [-0.05, 0) is 31.5 Å². The molecule has 1 rings (SSSR count). The predicted molar refractivity (Wildman–Crippen MR) is 78.3 cm³/mol. The van der Waals surface area contributed by atoms with E-state index in [2.05, 4.69) is 5.32 Å². The van der Waals surface area contributed by atoms with Gasteiger partial charge >= 0.3 is 0 Å². The third kappa shape index (κ3) is 4.99. The standard InChI is InChI=1S/C14H18N2O3S/c1-3-4-5-9-14(17)16-11(2)12-7-6-8-13(10-12)20(15,18)19/h3-11H,1-2H3,(H,16,17)(H2,15,18,19). The van der Waals surface area contributed by atoms with Crippen LogP contribution in [0.2, 0.25) is 0 Å². The number of amides is 1. The number of nitrogens with one attached hydrogen (secondary N) is 1. The minimum absolute atomic E-state index is 0.0283. The summed E-state index contributed by atoms with van der Waals surface area (Å²) in [5.74, 6) is -0.253. The molecule has 0 aliphatic carbocycles. The second-order valence-corrected chi connectivity index (χ2v) is 5.79. The van der Waals surface area contributed by atoms with Gasteiger partial charge in [0.25, 0.3) is 0 Å². The summed E-state index contributed by atoms with van der Waals surface area (Å²) in [7, 11) is -3.74. The highest BCUT2D eigenvalue weighted by atomic mass is 32.2. The molecule has 3 N–H and O–H groups in total. The number of sulfonamides is 1. The van der Waals surface area contributed by atoms with Crippen molar-refractivity contribution in [1.29, 1.82) is 0 Å². The average Bonchev–Trinajstić information content (AvgIpc) is 2.38. The fourth-order valence-electron chi connectivity index (χ4n) is 1.56. The van der Waals surface area contributed by atoms with Crippen LogP contribution in [0.15, 0.2) is 53.5 Å². The fourth-order valence-corrected chi connectivity index (χ4v) is 2.13. The van der Waals surface area contributed by atoms with Crippen molar-refractivity contribution in [3.8, 4) is 0 Å². The fraction of sp³-hybridized carbons (Fsp3) is 0.214. The normalized spacial score (nSPS) is 13.8. The minimum atomic E-state index is -3.74. The molecule has 1 aromatic carbocycles. The SMILES string of the molecule is CC=CC=CC(=O)NC(C)c1cccc(S(N)(=O)=O)c1. The van der Waals surface area contributed by atoms with Gasteiger partial charge in [0.2, 0.25) is 15.9 Å². The van der Waals surface area contributed by atoms with E-state index in [1.54, 1.807) is 31.2 Å². The topological polar surface area (TPSA) is 89.3 Å². The van der Waals surface area contributed by atoms with Gasteiger partial charge < -0.3 is 5.32 Å². The average molecular weight is 294 g/mol. The number of hydrogen-bond acceptors (Lipinski definition) is 3. The van der Waals surface area contributed by atoms with E-state index in [0.717, 1.165) is 0 Å². The van der Waals surface area contributed by atoms with Crippen LogP contribution in [0.5, 0.6) is 0 Å². The lowest BCUT2D eigenvalue weighted by molar-refractivity contribution is -0.117. The quantitative estimate of drug-likeness (QED) is 0.639. The number of rotatable bonds is 5. The van der Waals surface area contributed by atoms with Crippen molar-refractivity contribution in [2.75, 3.05) is 0 Å². The summed E-state index contributed by atoms with van der Waals surface area (Å²) < 4.78 is 22.6. The summed E-state index contributed by atoms with van der Waals surface area (Å²) in [6.45, 7) is 3.62. The molecular weight excluding hydrogens is 276 g/mol. The smallest absolute Gasteiger partial charge is 0.244 e. The van der Waals surface area contributed by atoms with Gasteiger partial charge in [0.15, 0.2) is 0 Å². The number of primary sulfonamides is 1. The molecule has 0 bridgehead atoms. The summed E-state index contributed by atoms with van der Waals surface area (Å²) in [6, 6.07) is 5.87. The number of allylic oxidation sites excluding steroid dienone is 3. The van der Waals surface area contributed by atoms with Crippen molar-refractivity contribution in [3.05, 3.63) is 54.1 Å². The van der Waals surface area contributed by atoms with Crippen molar-refractivity contribution in [2.45, 2.75) is 24.8 Å². The monoisotopic (exact) mass is 294 g/mol. The third-order valence-corrected chi connectivity index (χ3v) is 3.51. The van der Waals surface area contributed by atoms with Crippen LogP contribution in [0.25, 0.3) is 0 Å². The molecular formula is C14H18N2O3S. The van der Waals surface area contributed by atoms with E-state index in [9.17, 15) is 13.2 Å². The van der Waals surface area contributed by atoms with E-state index in [1.165, 1.54) is 18.2 Å². The molecule has 1 aromatic rings. The summed E-state index contributed by atoms with van der Waals surface area (Å²) in [6.07, 6.45) is 6.58. The van der Waals surface area contributed by atoms with Gasteiger partial charge in [0.1, 0.15) is 0 Å². The summed E-state index contributed by atoms with van der Waals surface area (Å²) in [5.41, 5.74) is 0.671. The van der Waals surface area contributed by atoms with Crippen LogP contribution < -0.4 is 10.5 Å². The first kappa shape index (κ1) is 16.1. The van der Waals surface area contributed by atoms with Gasteiger partial charge in [-0.1, -0.05) is 30.4 Å². The zero-order chi connectivity index (χ0) is 15.2. The van der Waals surface area contributed by atoms with Crippen LogP contribution in [-0.4, -0.2) is 14.3 Å². The van der Waals surface area contributed by atoms with Gasteiger partial charge in [0, 0.05) is 6.08 Å². The van der Waals surface area contributed by atoms with Gasteiger partial charge in [-0.15, -0.1) is 0 Å². The Balaban J connectivity index is 2.83. The molecule has 0 spiro atoms. The lowest BCUT2D eigenvalue weighted by Crippen LogP contribution is -2.25. The first-order chi connectivity index (χ1) is 9.34. The van der Waals surface area contributed by atoms with Gasteiger partial charge in [-0.3, -0.25) is 4.79 Å². The van der Waals surface area contributed by atoms with Crippen molar-refractivity contribution >= 4 is 15.9 Å². The Hall–Kier alpha value is -1.92. The van der Waals surface area contributed by atoms with E-state index in [0.29, 0.717) is 5.56 Å². The molecule has 1 amide bonds. The van der Waals surface area contributed by atoms with Crippen LogP contribution in [0.1, 0.15) is 25.5 Å². The number of benzene rings is 1. The Morgan fingerprint density at radius 2 is 2.05 bits per heavy atom. The van der Waals surface area contributed by atoms with E-state index < -0.39 is 10.0 Å². The van der Waals surface area contributed by atoms with Gasteiger partial charge in [-0.2, -0.15) is 0 Å². The van der Waals surface area contributed by atoms with Crippen LogP contribution in [0.3, 0.4) is 0 Å². The number of hydrogen-bond donors (Lipinski definition) is 2. The second-order valence-electron chi connectivity index (χ2n) is 4.23. The third-order valence-electron chi connectivity index (χ3n) is 2.60. The number of nitrogens with two attached hydrogens (primary N) is 1. The largest absolute Gasteiger partial charge is 0.346 e. The summed E-state index contributed by atoms with van der Waals surface area (Å²) in [4.78, 5) is 11.6. The molecule has 0 radical (unpaired) electrons. The molecule has 0 aliphatic rings. The Morgan fingerprint density at radius 1 is 1.35 bits per heavy atom. The van der Waals surface area contributed by atoms with Crippen LogP contribution in [-0.2, 0) is 14.8 Å². The van der Waals surface area contributed by atoms with Crippen molar-refractivity contribution < 1.29 is 13.2 Å². The highest BCUT2D eigenvalue weighted by molar-refractivity contribution is 7.89. The maximum Gasteiger partial charge on any atom is 0.244 e. The molecule has 1 atom stereocenters. The highest BCUT2D eigenvalue weighted by Gasteiger charge is 2.12. The van der Waals surface area contributed by atoms with Crippen LogP contribution >= 0.6 is 0 Å². The molecule has 6 heteroatoms. The van der Waals surface area contributed by atoms with Crippen molar-refractivity contribution in [1.82, 2.24) is 5.32 Å². The van der Waals surface area contributed by atoms with E-state index in [1.807, 2.05) is 13.0 Å². The molecule has 0 aromatic heterocycles. The van der Waals surface area contributed by atoms with E-state index in [4.69, 9.17) is 5.14 Å². The molecule has 0 saturated heterocycles. The Labute approximate surface area is 119 Å². The van der Waals surface area contributed by atoms with Gasteiger partial charge in [-0.25, -0.2) is 13.6 Å². The van der Waals surface area contributed by atoms with Crippen molar-refractivity contribution in [2.24, 2.45) is 5.14 Å². The Kier molecular flexibility index (Phi) is 5.66. The first-order valence-corrected chi connectivity index (χ1v) is 7.62. The van der Waals surface area contributed by atoms with E-state index >= 15 is 0 Å². The molecule has 108 valence electrons. The van der Waals surface area contributed by atoms with Crippen LogP contribution in [0, 0.1) is 0 Å². The molecule has 0 saturated carbocycles. The van der Waals surface area contributed by atoms with Gasteiger partial charge in [0.05, 0.1) is 10.9 Å². The van der Waals surface area contributed by atoms with Crippen LogP contribution in [0.4, 0.5) is 0 Å². The molecule has 0 heterocycles. The summed E-state index contributed by atoms with van der Waals surface area (Å²) >= 11 is 0. The molecule has 5 nitrogen and oxygen atoms in total. The molecule has 1 unspecified atom stereocenters. The minimum Gasteiger partial charge on any atom is -0.346 e. The Morgan fingerprint density at radius 3 is 2.65 bits per heavy atom. The lowest BCUT2D eigenvalue weighted by Gasteiger charge is -2.13. The number of carbonyl (C=O) groups is 1. The first-order valence-electron chi connectivity index (χ1n) is 6.07. The maximum absolute atomic E-state index is 11.6. The molecule has 0 aliphatic heterocycles. The Bertz CT molecular complexity index is 634. The molecule has 0 fully saturated rings. The highest BCUT2D eigenvalue weighted by Crippen LogP contribution is 2.16. The zero-order valence-electron chi connectivity index (χ0n) is 11.4. The lowest BCUT2D eigenvalue weighted by atomic mass is 10.1.